The van der Waals surface area contributed by atoms with Gasteiger partial charge >= 0.3 is 5.97 Å². The average Bonchev–Trinajstić information content (AvgIpc) is 3.06. The number of rotatable bonds is 15. The Morgan fingerprint density at radius 1 is 0.955 bits per heavy atom. The van der Waals surface area contributed by atoms with Crippen LogP contribution in [0.2, 0.25) is 0 Å². The summed E-state index contributed by atoms with van der Waals surface area (Å²) in [6.45, 7) is -6.29. The lowest BCUT2D eigenvalue weighted by Gasteiger charge is -2.44. The summed E-state index contributed by atoms with van der Waals surface area (Å²) >= 11 is 0. The Morgan fingerprint density at radius 2 is 1.57 bits per heavy atom. The Kier molecular flexibility index (Phi) is 9.38. The highest BCUT2D eigenvalue weighted by Crippen LogP contribution is 2.41. The number of carboxylic acid groups (broad SMARTS) is 1. The summed E-state index contributed by atoms with van der Waals surface area (Å²) in [6, 6.07) is 11.4. The minimum absolute atomic E-state index is 0.0598. The number of carboxylic acids is 1. The quantitative estimate of drug-likeness (QED) is 0.229. The molecular weight excluding hydrogens is 572 g/mol. The maximum Gasteiger partial charge on any atom is 0.335 e. The number of aliphatic hydroxyl groups excluding tert-OH is 3. The van der Waals surface area contributed by atoms with E-state index in [-0.39, 0.29) is 49.4 Å². The predicted octanol–water partition coefficient (Wildman–Crippen LogP) is 2.36. The molecule has 12 heteroatoms. The molecule has 1 aliphatic rings. The zero-order valence-corrected chi connectivity index (χ0v) is 25.1. The molecule has 1 unspecified atom stereocenters. The maximum absolute atomic E-state index is 11.9. The molecule has 0 radical (unpaired) electrons. The maximum atomic E-state index is 11.9. The highest BCUT2D eigenvalue weighted by molar-refractivity contribution is 5.73. The van der Waals surface area contributed by atoms with Gasteiger partial charge in [0.15, 0.2) is 29.1 Å². The van der Waals surface area contributed by atoms with Crippen LogP contribution in [0.5, 0.6) is 23.0 Å². The summed E-state index contributed by atoms with van der Waals surface area (Å²) < 4.78 is 76.4. The van der Waals surface area contributed by atoms with Gasteiger partial charge in [0.05, 0.1) is 39.9 Å². The van der Waals surface area contributed by atoms with Crippen molar-refractivity contribution in [1.29, 1.82) is 5.26 Å². The van der Waals surface area contributed by atoms with Crippen molar-refractivity contribution >= 4 is 5.97 Å². The number of aliphatic hydroxyl groups is 3. The number of nitrogens with zero attached hydrogens (tertiary/aromatic N) is 2. The van der Waals surface area contributed by atoms with Gasteiger partial charge in [0.1, 0.15) is 24.5 Å². The Hall–Kier alpha value is -3.60. The van der Waals surface area contributed by atoms with Crippen LogP contribution in [0.4, 0.5) is 0 Å². The van der Waals surface area contributed by atoms with Gasteiger partial charge in [-0.15, -0.1) is 0 Å². The van der Waals surface area contributed by atoms with Crippen molar-refractivity contribution in [3.63, 3.8) is 0 Å². The minimum Gasteiger partial charge on any atom is -0.493 e. The molecule has 0 aromatic heterocycles. The molecule has 6 atom stereocenters. The van der Waals surface area contributed by atoms with Crippen LogP contribution in [-0.2, 0) is 21.4 Å². The Balaban J connectivity index is 2.07. The number of hydrogen-bond donors (Lipinski definition) is 4. The first-order valence-electron chi connectivity index (χ1n) is 16.9. The van der Waals surface area contributed by atoms with Crippen LogP contribution in [0.3, 0.4) is 0 Å². The monoisotopic (exact) mass is 622 g/mol. The Bertz CT molecular complexity index is 1490. The number of hydrogen-bond acceptors (Lipinski definition) is 11. The lowest BCUT2D eigenvalue weighted by molar-refractivity contribution is -0.259. The third kappa shape index (κ3) is 7.36. The summed E-state index contributed by atoms with van der Waals surface area (Å²) in [7, 11) is 5.66. The Labute approximate surface area is 266 Å². The molecule has 0 spiro atoms. The number of benzene rings is 2. The van der Waals surface area contributed by atoms with E-state index >= 15 is 0 Å². The molecule has 0 aliphatic carbocycles. The molecule has 1 saturated heterocycles. The van der Waals surface area contributed by atoms with Crippen LogP contribution in [0.15, 0.2) is 36.4 Å². The fraction of sp³-hybridized carbons (Fsp3) is 0.562. The number of methoxy groups -OCH3 is 4. The topological polar surface area (TPSA) is 171 Å². The lowest BCUT2D eigenvalue weighted by atomic mass is 9.69. The van der Waals surface area contributed by atoms with E-state index in [0.717, 1.165) is 5.56 Å². The first-order chi connectivity index (χ1) is 23.4. The molecule has 44 heavy (non-hydrogen) atoms. The molecule has 4 N–H and O–H groups in total. The van der Waals surface area contributed by atoms with E-state index in [1.165, 1.54) is 51.5 Å². The zero-order valence-electron chi connectivity index (χ0n) is 31.1. The van der Waals surface area contributed by atoms with Gasteiger partial charge in [-0.1, -0.05) is 25.8 Å². The van der Waals surface area contributed by atoms with Crippen molar-refractivity contribution < 1.29 is 57.1 Å². The zero-order chi connectivity index (χ0) is 37.6. The van der Waals surface area contributed by atoms with Gasteiger partial charge < -0.3 is 44.1 Å². The van der Waals surface area contributed by atoms with Crippen molar-refractivity contribution in [3.8, 4) is 29.1 Å². The fourth-order valence-corrected chi connectivity index (χ4v) is 5.36. The lowest BCUT2D eigenvalue weighted by Crippen LogP contribution is -2.64. The molecular formula is C32H44N2O10. The van der Waals surface area contributed by atoms with Crippen molar-refractivity contribution in [1.82, 2.24) is 4.90 Å². The van der Waals surface area contributed by atoms with Crippen molar-refractivity contribution in [2.45, 2.75) is 69.0 Å². The molecule has 0 bridgehead atoms. The highest BCUT2D eigenvalue weighted by Gasteiger charge is 2.48. The molecule has 0 saturated carbocycles. The standard InChI is InChI=1S/C32H44N2O10/c1-19(2)32(18-33,21-9-11-23(41-4)25(17-21)43-6)13-7-14-34(15-12-20-8-10-22(40-3)24(16-20)42-5)30-28(37)26(35)27(36)29(44-30)31(38)39/h8-11,16-17,19,26-30,35-37H,7,12-15H2,1-6H3,(H,38,39)/t26-,27-,28+,29-,30+,32?/m0/s1/i1D3,2D3. The third-order valence-electron chi connectivity index (χ3n) is 7.93. The normalized spacial score (nSPS) is 25.7. The van der Waals surface area contributed by atoms with E-state index in [1.807, 2.05) is 6.07 Å². The van der Waals surface area contributed by atoms with Crippen molar-refractivity contribution in [2.75, 3.05) is 41.5 Å². The molecule has 2 aromatic carbocycles. The molecule has 1 fully saturated rings. The summed E-state index contributed by atoms with van der Waals surface area (Å²) in [5.41, 5.74) is -1.35. The van der Waals surface area contributed by atoms with Gasteiger partial charge in [-0.05, 0) is 60.6 Å². The molecule has 2 aromatic rings. The van der Waals surface area contributed by atoms with Crippen molar-refractivity contribution in [3.05, 3.63) is 47.5 Å². The van der Waals surface area contributed by atoms with Crippen molar-refractivity contribution in [2.24, 2.45) is 5.92 Å². The molecule has 3 rings (SSSR count). The number of aliphatic carboxylic acids is 1. The van der Waals surface area contributed by atoms with Crippen LogP contribution < -0.4 is 18.9 Å². The van der Waals surface area contributed by atoms with Crippen LogP contribution in [-0.4, -0.2) is 103 Å². The summed E-state index contributed by atoms with van der Waals surface area (Å²) in [5, 5.41) is 52.3. The van der Waals surface area contributed by atoms with Gasteiger partial charge in [0.25, 0.3) is 0 Å². The first-order valence-corrected chi connectivity index (χ1v) is 13.9. The highest BCUT2D eigenvalue weighted by atomic mass is 16.6. The van der Waals surface area contributed by atoms with Gasteiger partial charge in [0, 0.05) is 21.3 Å². The van der Waals surface area contributed by atoms with Crippen LogP contribution in [0.1, 0.15) is 45.9 Å². The van der Waals surface area contributed by atoms with Crippen LogP contribution in [0, 0.1) is 17.2 Å². The summed E-state index contributed by atoms with van der Waals surface area (Å²) in [5.74, 6) is -2.42. The van der Waals surface area contributed by atoms with E-state index in [1.54, 1.807) is 18.2 Å². The van der Waals surface area contributed by atoms with E-state index < -0.39 is 61.6 Å². The number of ether oxygens (including phenoxy) is 5. The second-order valence-corrected chi connectivity index (χ2v) is 10.4. The van der Waals surface area contributed by atoms with E-state index in [9.17, 15) is 30.5 Å². The molecule has 1 aliphatic heterocycles. The first kappa shape index (κ1) is 26.8. The number of nitriles is 1. The van der Waals surface area contributed by atoms with Gasteiger partial charge in [0.2, 0.25) is 0 Å². The molecule has 242 valence electrons. The van der Waals surface area contributed by atoms with E-state index in [0.29, 0.717) is 11.5 Å². The smallest absolute Gasteiger partial charge is 0.335 e. The molecule has 0 amide bonds. The Morgan fingerprint density at radius 3 is 2.14 bits per heavy atom. The summed E-state index contributed by atoms with van der Waals surface area (Å²) in [4.78, 5) is 13.4. The van der Waals surface area contributed by atoms with Gasteiger partial charge in [-0.2, -0.15) is 5.26 Å². The second-order valence-electron chi connectivity index (χ2n) is 10.4. The van der Waals surface area contributed by atoms with Gasteiger partial charge in [-0.3, -0.25) is 4.90 Å². The average molecular weight is 623 g/mol. The number of carbonyl (C=O) groups is 1. The predicted molar refractivity (Wildman–Crippen MR) is 160 cm³/mol. The van der Waals surface area contributed by atoms with Crippen LogP contribution in [0.25, 0.3) is 0 Å². The fourth-order valence-electron chi connectivity index (χ4n) is 5.36. The van der Waals surface area contributed by atoms with Crippen LogP contribution >= 0.6 is 0 Å². The van der Waals surface area contributed by atoms with E-state index in [2.05, 4.69) is 0 Å². The summed E-state index contributed by atoms with van der Waals surface area (Å²) in [6.07, 6.45) is -9.15. The molecule has 1 heterocycles. The molecule has 12 nitrogen and oxygen atoms in total. The second kappa shape index (κ2) is 15.4. The SMILES string of the molecule is [2H]C([2H])([2H])C(C([2H])([2H])[2H])C(C#N)(CCCN(CCc1ccc(OC)c(OC)c1)[C@@H]1O[C@H](C(=O)O)[C@@H](O)[C@H](O)[C@H]1O)c1ccc(OC)c(OC)c1. The third-order valence-corrected chi connectivity index (χ3v) is 7.93. The van der Waals surface area contributed by atoms with Gasteiger partial charge in [-0.25, -0.2) is 4.79 Å². The van der Waals surface area contributed by atoms with E-state index in [4.69, 9.17) is 31.9 Å². The largest absolute Gasteiger partial charge is 0.493 e. The minimum atomic E-state index is -3.13.